The molecular formula is C17H23FN2O2. The van der Waals surface area contributed by atoms with Crippen LogP contribution in [0.2, 0.25) is 0 Å². The summed E-state index contributed by atoms with van der Waals surface area (Å²) in [7, 11) is 0. The van der Waals surface area contributed by atoms with Gasteiger partial charge in [-0.1, -0.05) is 18.6 Å². The predicted molar refractivity (Wildman–Crippen MR) is 82.1 cm³/mol. The summed E-state index contributed by atoms with van der Waals surface area (Å²) in [5.41, 5.74) is 1.00. The molecule has 3 N–H and O–H groups in total. The summed E-state index contributed by atoms with van der Waals surface area (Å²) < 4.78 is 13.0. The number of aliphatic hydroxyl groups is 1. The standard InChI is InChI=1S/C17H23FN2O2/c18-13-6-4-12(5-7-13)14-2-1-3-15(14)20-16(22)19-10-17(11-21)8-9-17/h4-7,14-15,21H,1-3,8-11H2,(H2,19,20,22). The maximum Gasteiger partial charge on any atom is 0.315 e. The first-order valence-electron chi connectivity index (χ1n) is 8.03. The van der Waals surface area contributed by atoms with E-state index in [1.807, 2.05) is 12.1 Å². The van der Waals surface area contributed by atoms with Gasteiger partial charge in [0, 0.05) is 23.9 Å². The normalized spacial score (nSPS) is 25.7. The minimum absolute atomic E-state index is 0.0800. The van der Waals surface area contributed by atoms with Crippen molar-refractivity contribution < 1.29 is 14.3 Å². The molecule has 2 unspecified atom stereocenters. The van der Waals surface area contributed by atoms with E-state index in [1.54, 1.807) is 0 Å². The molecule has 0 aliphatic heterocycles. The summed E-state index contributed by atoms with van der Waals surface area (Å²) in [6.45, 7) is 0.665. The summed E-state index contributed by atoms with van der Waals surface area (Å²) >= 11 is 0. The van der Waals surface area contributed by atoms with Gasteiger partial charge in [-0.15, -0.1) is 0 Å². The number of rotatable bonds is 5. The Morgan fingerprint density at radius 1 is 1.27 bits per heavy atom. The Morgan fingerprint density at radius 2 is 2.00 bits per heavy atom. The lowest BCUT2D eigenvalue weighted by molar-refractivity contribution is 0.201. The minimum atomic E-state index is -0.234. The molecule has 2 saturated carbocycles. The quantitative estimate of drug-likeness (QED) is 0.783. The van der Waals surface area contributed by atoms with E-state index in [1.165, 1.54) is 12.1 Å². The van der Waals surface area contributed by atoms with Gasteiger partial charge in [-0.2, -0.15) is 0 Å². The van der Waals surface area contributed by atoms with E-state index in [0.717, 1.165) is 37.7 Å². The highest BCUT2D eigenvalue weighted by molar-refractivity contribution is 5.74. The van der Waals surface area contributed by atoms with Crippen LogP contribution in [0.25, 0.3) is 0 Å². The topological polar surface area (TPSA) is 61.4 Å². The molecule has 2 amide bonds. The summed E-state index contributed by atoms with van der Waals surface area (Å²) in [5, 5.41) is 15.2. The Hall–Kier alpha value is -1.62. The van der Waals surface area contributed by atoms with E-state index >= 15 is 0 Å². The lowest BCUT2D eigenvalue weighted by Crippen LogP contribution is -2.45. The lowest BCUT2D eigenvalue weighted by Gasteiger charge is -2.22. The number of carbonyl (C=O) groups is 1. The maximum absolute atomic E-state index is 13.0. The van der Waals surface area contributed by atoms with E-state index in [4.69, 9.17) is 0 Å². The van der Waals surface area contributed by atoms with Gasteiger partial charge in [0.2, 0.25) is 0 Å². The van der Waals surface area contributed by atoms with Crippen LogP contribution in [0.15, 0.2) is 24.3 Å². The number of benzene rings is 1. The minimum Gasteiger partial charge on any atom is -0.396 e. The molecule has 0 heterocycles. The van der Waals surface area contributed by atoms with Gasteiger partial charge in [0.25, 0.3) is 0 Å². The zero-order chi connectivity index (χ0) is 15.6. The summed E-state index contributed by atoms with van der Waals surface area (Å²) in [6, 6.07) is 6.49. The van der Waals surface area contributed by atoms with Crippen LogP contribution in [-0.2, 0) is 0 Å². The molecular weight excluding hydrogens is 283 g/mol. The Labute approximate surface area is 130 Å². The van der Waals surface area contributed by atoms with Gasteiger partial charge < -0.3 is 15.7 Å². The molecule has 5 heteroatoms. The summed E-state index contributed by atoms with van der Waals surface area (Å²) in [4.78, 5) is 12.1. The molecule has 4 nitrogen and oxygen atoms in total. The van der Waals surface area contributed by atoms with Crippen molar-refractivity contribution in [1.29, 1.82) is 0 Å². The van der Waals surface area contributed by atoms with E-state index in [-0.39, 0.29) is 35.8 Å². The predicted octanol–water partition coefficient (Wildman–Crippen LogP) is 2.53. The highest BCUT2D eigenvalue weighted by Gasteiger charge is 2.42. The molecule has 2 fully saturated rings. The average Bonchev–Trinajstić information content (AvgIpc) is 3.18. The summed E-state index contributed by atoms with van der Waals surface area (Å²) in [5.74, 6) is 0.0156. The molecule has 1 aromatic rings. The molecule has 0 radical (unpaired) electrons. The first-order chi connectivity index (χ1) is 10.6. The Kier molecular flexibility index (Phi) is 4.34. The number of halogens is 1. The number of amides is 2. The van der Waals surface area contributed by atoms with Gasteiger partial charge in [-0.25, -0.2) is 9.18 Å². The molecule has 2 atom stereocenters. The summed E-state index contributed by atoms with van der Waals surface area (Å²) in [6.07, 6.45) is 4.97. The van der Waals surface area contributed by atoms with Crippen molar-refractivity contribution in [2.24, 2.45) is 5.41 Å². The van der Waals surface area contributed by atoms with Gasteiger partial charge >= 0.3 is 6.03 Å². The van der Waals surface area contributed by atoms with Crippen molar-refractivity contribution in [3.63, 3.8) is 0 Å². The second-order valence-electron chi connectivity index (χ2n) is 6.68. The first-order valence-corrected chi connectivity index (χ1v) is 8.03. The number of hydrogen-bond acceptors (Lipinski definition) is 2. The van der Waals surface area contributed by atoms with Gasteiger partial charge in [0.1, 0.15) is 5.82 Å². The molecule has 0 bridgehead atoms. The maximum atomic E-state index is 13.0. The zero-order valence-electron chi connectivity index (χ0n) is 12.6. The molecule has 2 aliphatic carbocycles. The van der Waals surface area contributed by atoms with E-state index in [0.29, 0.717) is 6.54 Å². The molecule has 0 saturated heterocycles. The van der Waals surface area contributed by atoms with Crippen LogP contribution >= 0.6 is 0 Å². The van der Waals surface area contributed by atoms with E-state index in [2.05, 4.69) is 10.6 Å². The molecule has 120 valence electrons. The lowest BCUT2D eigenvalue weighted by atomic mass is 9.94. The van der Waals surface area contributed by atoms with Crippen LogP contribution in [0.5, 0.6) is 0 Å². The third-order valence-corrected chi connectivity index (χ3v) is 5.05. The van der Waals surface area contributed by atoms with Crippen molar-refractivity contribution in [2.75, 3.05) is 13.2 Å². The third kappa shape index (κ3) is 3.40. The fourth-order valence-corrected chi connectivity index (χ4v) is 3.30. The van der Waals surface area contributed by atoms with Gasteiger partial charge in [-0.3, -0.25) is 0 Å². The number of hydrogen-bond donors (Lipinski definition) is 3. The van der Waals surface area contributed by atoms with Crippen molar-refractivity contribution in [3.05, 3.63) is 35.6 Å². The van der Waals surface area contributed by atoms with Crippen LogP contribution in [0, 0.1) is 11.2 Å². The Morgan fingerprint density at radius 3 is 2.64 bits per heavy atom. The Bertz CT molecular complexity index is 528. The average molecular weight is 306 g/mol. The van der Waals surface area contributed by atoms with Crippen molar-refractivity contribution >= 4 is 6.03 Å². The third-order valence-electron chi connectivity index (χ3n) is 5.05. The van der Waals surface area contributed by atoms with Gasteiger partial charge in [0.15, 0.2) is 0 Å². The van der Waals surface area contributed by atoms with Crippen LogP contribution in [0.1, 0.15) is 43.6 Å². The monoisotopic (exact) mass is 306 g/mol. The first kappa shape index (κ1) is 15.3. The van der Waals surface area contributed by atoms with Crippen molar-refractivity contribution in [1.82, 2.24) is 10.6 Å². The van der Waals surface area contributed by atoms with E-state index < -0.39 is 0 Å². The molecule has 0 aromatic heterocycles. The molecule has 2 aliphatic rings. The van der Waals surface area contributed by atoms with Crippen LogP contribution in [0.4, 0.5) is 9.18 Å². The number of urea groups is 1. The largest absolute Gasteiger partial charge is 0.396 e. The van der Waals surface area contributed by atoms with Crippen molar-refractivity contribution in [3.8, 4) is 0 Å². The zero-order valence-corrected chi connectivity index (χ0v) is 12.6. The fraction of sp³-hybridized carbons (Fsp3) is 0.588. The van der Waals surface area contributed by atoms with E-state index in [9.17, 15) is 14.3 Å². The molecule has 22 heavy (non-hydrogen) atoms. The number of nitrogens with one attached hydrogen (secondary N) is 2. The number of aliphatic hydroxyl groups excluding tert-OH is 1. The molecule has 0 spiro atoms. The smallest absolute Gasteiger partial charge is 0.315 e. The molecule has 3 rings (SSSR count). The van der Waals surface area contributed by atoms with Crippen LogP contribution in [-0.4, -0.2) is 30.3 Å². The van der Waals surface area contributed by atoms with Crippen molar-refractivity contribution in [2.45, 2.75) is 44.1 Å². The second kappa shape index (κ2) is 6.24. The highest BCUT2D eigenvalue weighted by atomic mass is 19.1. The molecule has 1 aromatic carbocycles. The second-order valence-corrected chi connectivity index (χ2v) is 6.68. The fourth-order valence-electron chi connectivity index (χ4n) is 3.30. The van der Waals surface area contributed by atoms with Gasteiger partial charge in [-0.05, 0) is 43.4 Å². The van der Waals surface area contributed by atoms with Gasteiger partial charge in [0.05, 0.1) is 6.61 Å². The Balaban J connectivity index is 1.54. The highest BCUT2D eigenvalue weighted by Crippen LogP contribution is 2.44. The number of carbonyl (C=O) groups excluding carboxylic acids is 1. The van der Waals surface area contributed by atoms with Crippen LogP contribution in [0.3, 0.4) is 0 Å². The SMILES string of the molecule is O=C(NCC1(CO)CC1)NC1CCCC1c1ccc(F)cc1. The van der Waals surface area contributed by atoms with Crippen LogP contribution < -0.4 is 10.6 Å².